The molecule has 0 spiro atoms. The fourth-order valence-electron chi connectivity index (χ4n) is 3.83. The molecule has 1 N–H and O–H groups in total. The molecule has 0 bridgehead atoms. The molecule has 3 heteroatoms. The molecule has 0 aromatic rings. The Labute approximate surface area is 118 Å². The van der Waals surface area contributed by atoms with Gasteiger partial charge in [-0.3, -0.25) is 10.1 Å². The second kappa shape index (κ2) is 6.74. The lowest BCUT2D eigenvalue weighted by molar-refractivity contribution is -0.133. The number of hydrogen-bond donors (Lipinski definition) is 1. The molecule has 3 unspecified atom stereocenters. The van der Waals surface area contributed by atoms with Crippen molar-refractivity contribution in [2.24, 2.45) is 5.92 Å². The third-order valence-electron chi connectivity index (χ3n) is 5.03. The molecule has 1 amide bonds. The fraction of sp³-hybridized carbons (Fsp3) is 0.938. The highest BCUT2D eigenvalue weighted by Gasteiger charge is 2.40. The van der Waals surface area contributed by atoms with Gasteiger partial charge in [-0.15, -0.1) is 0 Å². The van der Waals surface area contributed by atoms with Crippen molar-refractivity contribution in [3.63, 3.8) is 0 Å². The second-order valence-corrected chi connectivity index (χ2v) is 6.42. The van der Waals surface area contributed by atoms with Gasteiger partial charge in [0.25, 0.3) is 0 Å². The molecule has 1 saturated heterocycles. The zero-order chi connectivity index (χ0) is 13.8. The number of rotatable bonds is 5. The van der Waals surface area contributed by atoms with E-state index in [0.717, 1.165) is 19.3 Å². The van der Waals surface area contributed by atoms with Crippen molar-refractivity contribution in [1.29, 1.82) is 0 Å². The van der Waals surface area contributed by atoms with Crippen molar-refractivity contribution >= 4 is 5.91 Å². The van der Waals surface area contributed by atoms with Gasteiger partial charge in [0.05, 0.1) is 12.2 Å². The summed E-state index contributed by atoms with van der Waals surface area (Å²) in [6, 6.07) is 0.475. The summed E-state index contributed by atoms with van der Waals surface area (Å²) in [5.41, 5.74) is 0. The number of unbranched alkanes of at least 4 members (excludes halogenated alkanes) is 1. The highest BCUT2D eigenvalue weighted by molar-refractivity contribution is 5.84. The van der Waals surface area contributed by atoms with E-state index in [-0.39, 0.29) is 12.2 Å². The number of nitrogens with zero attached hydrogens (tertiary/aromatic N) is 1. The van der Waals surface area contributed by atoms with Crippen molar-refractivity contribution in [1.82, 2.24) is 10.2 Å². The molecular weight excluding hydrogens is 236 g/mol. The minimum absolute atomic E-state index is 0.0704. The van der Waals surface area contributed by atoms with Gasteiger partial charge in [0.1, 0.15) is 0 Å². The van der Waals surface area contributed by atoms with Crippen LogP contribution in [0.25, 0.3) is 0 Å². The Morgan fingerprint density at radius 2 is 2.00 bits per heavy atom. The van der Waals surface area contributed by atoms with Gasteiger partial charge in [0.2, 0.25) is 5.91 Å². The van der Waals surface area contributed by atoms with Crippen LogP contribution in [0.5, 0.6) is 0 Å². The fourth-order valence-corrected chi connectivity index (χ4v) is 3.83. The number of amides is 1. The quantitative estimate of drug-likeness (QED) is 0.828. The first kappa shape index (κ1) is 14.8. The number of nitrogens with one attached hydrogen (secondary N) is 1. The zero-order valence-electron chi connectivity index (χ0n) is 12.8. The Kier molecular flexibility index (Phi) is 5.26. The maximum absolute atomic E-state index is 12.6. The van der Waals surface area contributed by atoms with Crippen molar-refractivity contribution in [3.05, 3.63) is 0 Å². The van der Waals surface area contributed by atoms with Crippen molar-refractivity contribution in [2.75, 3.05) is 0 Å². The van der Waals surface area contributed by atoms with E-state index < -0.39 is 0 Å². The molecule has 2 fully saturated rings. The summed E-state index contributed by atoms with van der Waals surface area (Å²) >= 11 is 0. The standard InChI is InChI=1S/C16H30N2O/c1-4-5-11-15-16(19)18(13(3)17-15)12(2)14-9-7-6-8-10-14/h12-15,17H,4-11H2,1-3H3. The molecule has 1 heterocycles. The molecule has 110 valence electrons. The largest absolute Gasteiger partial charge is 0.323 e. The van der Waals surface area contributed by atoms with Gasteiger partial charge in [-0.2, -0.15) is 0 Å². The number of carbonyl (C=O) groups is 1. The van der Waals surface area contributed by atoms with E-state index in [4.69, 9.17) is 0 Å². The van der Waals surface area contributed by atoms with Crippen LogP contribution in [0.1, 0.15) is 72.1 Å². The Morgan fingerprint density at radius 1 is 1.32 bits per heavy atom. The van der Waals surface area contributed by atoms with Crippen LogP contribution in [0.15, 0.2) is 0 Å². The molecule has 2 rings (SSSR count). The Bertz CT molecular complexity index is 299. The Hall–Kier alpha value is -0.570. The molecule has 1 saturated carbocycles. The maximum Gasteiger partial charge on any atom is 0.241 e. The van der Waals surface area contributed by atoms with E-state index in [1.165, 1.54) is 32.1 Å². The lowest BCUT2D eigenvalue weighted by Crippen LogP contribution is -2.45. The van der Waals surface area contributed by atoms with Crippen LogP contribution < -0.4 is 5.32 Å². The van der Waals surface area contributed by atoms with Crippen LogP contribution in [-0.4, -0.2) is 29.1 Å². The molecule has 2 aliphatic rings. The summed E-state index contributed by atoms with van der Waals surface area (Å²) in [5, 5.41) is 3.48. The average molecular weight is 266 g/mol. The molecule has 3 nitrogen and oxygen atoms in total. The third kappa shape index (κ3) is 3.31. The zero-order valence-corrected chi connectivity index (χ0v) is 12.8. The van der Waals surface area contributed by atoms with Gasteiger partial charge < -0.3 is 4.90 Å². The SMILES string of the molecule is CCCCC1NC(C)N(C(C)C2CCCCC2)C1=O. The van der Waals surface area contributed by atoms with Crippen molar-refractivity contribution < 1.29 is 4.79 Å². The molecule has 0 aromatic carbocycles. The van der Waals surface area contributed by atoms with Crippen LogP contribution in [-0.2, 0) is 4.79 Å². The lowest BCUT2D eigenvalue weighted by Gasteiger charge is -2.36. The molecular formula is C16H30N2O. The summed E-state index contributed by atoms with van der Waals surface area (Å²) < 4.78 is 0. The van der Waals surface area contributed by atoms with E-state index in [2.05, 4.69) is 31.0 Å². The molecule has 0 radical (unpaired) electrons. The topological polar surface area (TPSA) is 32.3 Å². The van der Waals surface area contributed by atoms with Gasteiger partial charge in [0, 0.05) is 6.04 Å². The molecule has 0 aromatic heterocycles. The maximum atomic E-state index is 12.6. The summed E-state index contributed by atoms with van der Waals surface area (Å²) in [6.45, 7) is 6.59. The van der Waals surface area contributed by atoms with Crippen LogP contribution in [0, 0.1) is 5.92 Å². The third-order valence-corrected chi connectivity index (χ3v) is 5.03. The first-order valence-corrected chi connectivity index (χ1v) is 8.23. The smallest absolute Gasteiger partial charge is 0.241 e. The van der Waals surface area contributed by atoms with E-state index in [1.807, 2.05) is 0 Å². The first-order chi connectivity index (χ1) is 9.15. The lowest BCUT2D eigenvalue weighted by atomic mass is 9.84. The summed E-state index contributed by atoms with van der Waals surface area (Å²) in [7, 11) is 0. The highest BCUT2D eigenvalue weighted by atomic mass is 16.2. The monoisotopic (exact) mass is 266 g/mol. The van der Waals surface area contributed by atoms with Gasteiger partial charge >= 0.3 is 0 Å². The minimum atomic E-state index is 0.0704. The van der Waals surface area contributed by atoms with E-state index in [1.54, 1.807) is 0 Å². The molecule has 19 heavy (non-hydrogen) atoms. The van der Waals surface area contributed by atoms with E-state index in [0.29, 0.717) is 17.9 Å². The van der Waals surface area contributed by atoms with Gasteiger partial charge in [-0.1, -0.05) is 39.0 Å². The van der Waals surface area contributed by atoms with E-state index in [9.17, 15) is 4.79 Å². The molecule has 1 aliphatic carbocycles. The van der Waals surface area contributed by atoms with Gasteiger partial charge in [-0.25, -0.2) is 0 Å². The summed E-state index contributed by atoms with van der Waals surface area (Å²) in [4.78, 5) is 14.7. The molecule has 3 atom stereocenters. The van der Waals surface area contributed by atoms with Crippen LogP contribution in [0.2, 0.25) is 0 Å². The van der Waals surface area contributed by atoms with Crippen molar-refractivity contribution in [2.45, 2.75) is 90.4 Å². The van der Waals surface area contributed by atoms with Crippen LogP contribution in [0.4, 0.5) is 0 Å². The Morgan fingerprint density at radius 3 is 2.63 bits per heavy atom. The predicted octanol–water partition coefficient (Wildman–Crippen LogP) is 3.29. The number of carbonyl (C=O) groups excluding carboxylic acids is 1. The normalized spacial score (nSPS) is 30.9. The Balaban J connectivity index is 1.96. The van der Waals surface area contributed by atoms with Crippen molar-refractivity contribution in [3.8, 4) is 0 Å². The van der Waals surface area contributed by atoms with Gasteiger partial charge in [-0.05, 0) is 39.0 Å². The first-order valence-electron chi connectivity index (χ1n) is 8.23. The molecule has 1 aliphatic heterocycles. The summed E-state index contributed by atoms with van der Waals surface area (Å²) in [5.74, 6) is 1.06. The second-order valence-electron chi connectivity index (χ2n) is 6.42. The minimum Gasteiger partial charge on any atom is -0.323 e. The predicted molar refractivity (Wildman–Crippen MR) is 78.8 cm³/mol. The highest BCUT2D eigenvalue weighted by Crippen LogP contribution is 2.31. The van der Waals surface area contributed by atoms with Gasteiger partial charge in [0.15, 0.2) is 0 Å². The van der Waals surface area contributed by atoms with Crippen LogP contribution in [0.3, 0.4) is 0 Å². The summed E-state index contributed by atoms with van der Waals surface area (Å²) in [6.07, 6.45) is 10.2. The van der Waals surface area contributed by atoms with Crippen LogP contribution >= 0.6 is 0 Å². The van der Waals surface area contributed by atoms with E-state index >= 15 is 0 Å². The average Bonchev–Trinajstić information content (AvgIpc) is 2.71. The number of hydrogen-bond acceptors (Lipinski definition) is 2.